The largest absolute Gasteiger partial charge is 0.493 e. The van der Waals surface area contributed by atoms with E-state index in [1.165, 1.54) is 12.8 Å². The number of anilines is 1. The quantitative estimate of drug-likeness (QED) is 0.901. The van der Waals surface area contributed by atoms with Gasteiger partial charge in [0.25, 0.3) is 5.91 Å². The van der Waals surface area contributed by atoms with E-state index < -0.39 is 0 Å². The second kappa shape index (κ2) is 6.95. The van der Waals surface area contributed by atoms with E-state index in [9.17, 15) is 4.79 Å². The van der Waals surface area contributed by atoms with Gasteiger partial charge in [-0.3, -0.25) is 4.79 Å². The molecule has 1 fully saturated rings. The second-order valence-corrected chi connectivity index (χ2v) is 6.04. The Kier molecular flexibility index (Phi) is 4.74. The van der Waals surface area contributed by atoms with Gasteiger partial charge < -0.3 is 19.3 Å². The van der Waals surface area contributed by atoms with Crippen LogP contribution in [0.25, 0.3) is 0 Å². The van der Waals surface area contributed by atoms with Crippen molar-refractivity contribution in [3.63, 3.8) is 0 Å². The van der Waals surface area contributed by atoms with Gasteiger partial charge in [-0.15, -0.1) is 0 Å². The predicted molar refractivity (Wildman–Crippen MR) is 89.8 cm³/mol. The number of ether oxygens (including phenoxy) is 2. The number of aryl methyl sites for hydroxylation is 2. The summed E-state index contributed by atoms with van der Waals surface area (Å²) < 4.78 is 16.5. The summed E-state index contributed by atoms with van der Waals surface area (Å²) >= 11 is 0. The highest BCUT2D eigenvalue weighted by Crippen LogP contribution is 2.32. The number of carbonyl (C=O) groups excluding carboxylic acids is 1. The molecular formula is C18H22N2O4. The van der Waals surface area contributed by atoms with E-state index in [1.807, 2.05) is 0 Å². The molecule has 0 aliphatic heterocycles. The van der Waals surface area contributed by atoms with Crippen molar-refractivity contribution >= 4 is 11.6 Å². The third-order valence-electron chi connectivity index (χ3n) is 4.29. The molecule has 1 amide bonds. The van der Waals surface area contributed by atoms with Gasteiger partial charge in [0.2, 0.25) is 0 Å². The molecule has 6 heteroatoms. The first kappa shape index (κ1) is 16.4. The van der Waals surface area contributed by atoms with Gasteiger partial charge in [-0.05, 0) is 57.7 Å². The third kappa shape index (κ3) is 3.37. The van der Waals surface area contributed by atoms with Gasteiger partial charge in [0, 0.05) is 5.56 Å². The molecule has 1 N–H and O–H groups in total. The highest BCUT2D eigenvalue weighted by atomic mass is 16.5. The molecule has 1 aromatic carbocycles. The van der Waals surface area contributed by atoms with Crippen LogP contribution < -0.4 is 14.8 Å². The van der Waals surface area contributed by atoms with Crippen LogP contribution in [0.4, 0.5) is 5.69 Å². The zero-order chi connectivity index (χ0) is 17.1. The van der Waals surface area contributed by atoms with Crippen molar-refractivity contribution in [3.8, 4) is 11.5 Å². The second-order valence-electron chi connectivity index (χ2n) is 6.04. The van der Waals surface area contributed by atoms with Crippen LogP contribution in [0.2, 0.25) is 0 Å². The van der Waals surface area contributed by atoms with Gasteiger partial charge >= 0.3 is 0 Å². The fourth-order valence-corrected chi connectivity index (χ4v) is 2.94. The molecule has 2 aromatic rings. The molecule has 1 aliphatic carbocycles. The van der Waals surface area contributed by atoms with Crippen molar-refractivity contribution in [3.05, 3.63) is 35.2 Å². The molecular weight excluding hydrogens is 308 g/mol. The fraction of sp³-hybridized carbons (Fsp3) is 0.444. The standard InChI is InChI=1S/C18H22N2O4/c1-11-17(12(2)24-20-11)19-18(21)13-8-9-15(22-3)16(10-13)23-14-6-4-5-7-14/h8-10,14H,4-7H2,1-3H3,(H,19,21). The molecule has 24 heavy (non-hydrogen) atoms. The van der Waals surface area contributed by atoms with Crippen LogP contribution in [0.1, 0.15) is 47.5 Å². The smallest absolute Gasteiger partial charge is 0.255 e. The minimum Gasteiger partial charge on any atom is -0.493 e. The fourth-order valence-electron chi connectivity index (χ4n) is 2.94. The van der Waals surface area contributed by atoms with E-state index in [2.05, 4.69) is 10.5 Å². The molecule has 1 aromatic heterocycles. The van der Waals surface area contributed by atoms with Gasteiger partial charge in [0.15, 0.2) is 17.3 Å². The number of hydrogen-bond donors (Lipinski definition) is 1. The number of nitrogens with one attached hydrogen (secondary N) is 1. The van der Waals surface area contributed by atoms with Crippen LogP contribution in [-0.4, -0.2) is 24.3 Å². The summed E-state index contributed by atoms with van der Waals surface area (Å²) in [4.78, 5) is 12.5. The molecule has 6 nitrogen and oxygen atoms in total. The van der Waals surface area contributed by atoms with Crippen LogP contribution in [0.5, 0.6) is 11.5 Å². The minimum absolute atomic E-state index is 0.194. The van der Waals surface area contributed by atoms with Crippen molar-refractivity contribution in [2.75, 3.05) is 12.4 Å². The SMILES string of the molecule is COc1ccc(C(=O)Nc2c(C)noc2C)cc1OC1CCCC1. The van der Waals surface area contributed by atoms with E-state index in [0.717, 1.165) is 12.8 Å². The highest BCUT2D eigenvalue weighted by Gasteiger charge is 2.20. The van der Waals surface area contributed by atoms with Gasteiger partial charge in [0.05, 0.1) is 13.2 Å². The lowest BCUT2D eigenvalue weighted by molar-refractivity contribution is 0.102. The van der Waals surface area contributed by atoms with Gasteiger partial charge in [-0.25, -0.2) is 0 Å². The van der Waals surface area contributed by atoms with Crippen molar-refractivity contribution < 1.29 is 18.8 Å². The Balaban J connectivity index is 1.81. The number of rotatable bonds is 5. The molecule has 1 saturated carbocycles. The number of aromatic nitrogens is 1. The highest BCUT2D eigenvalue weighted by molar-refractivity contribution is 6.05. The number of benzene rings is 1. The zero-order valence-electron chi connectivity index (χ0n) is 14.2. The predicted octanol–water partition coefficient (Wildman–Crippen LogP) is 3.87. The molecule has 0 bridgehead atoms. The zero-order valence-corrected chi connectivity index (χ0v) is 14.2. The third-order valence-corrected chi connectivity index (χ3v) is 4.29. The average Bonchev–Trinajstić information content (AvgIpc) is 3.20. The van der Waals surface area contributed by atoms with Gasteiger partial charge in [-0.2, -0.15) is 0 Å². The number of hydrogen-bond acceptors (Lipinski definition) is 5. The lowest BCUT2D eigenvalue weighted by Gasteiger charge is -2.16. The Morgan fingerprint density at radius 3 is 2.62 bits per heavy atom. The summed E-state index contributed by atoms with van der Waals surface area (Å²) in [7, 11) is 1.60. The van der Waals surface area contributed by atoms with Crippen LogP contribution in [0.15, 0.2) is 22.7 Å². The summed E-state index contributed by atoms with van der Waals surface area (Å²) in [5, 5.41) is 6.68. The molecule has 0 radical (unpaired) electrons. The Morgan fingerprint density at radius 2 is 2.00 bits per heavy atom. The Hall–Kier alpha value is -2.50. The Bertz CT molecular complexity index is 713. The molecule has 1 aliphatic rings. The molecule has 0 spiro atoms. The van der Waals surface area contributed by atoms with E-state index in [1.54, 1.807) is 39.2 Å². The Labute approximate surface area is 141 Å². The van der Waals surface area contributed by atoms with Crippen molar-refractivity contribution in [1.29, 1.82) is 0 Å². The first-order valence-electron chi connectivity index (χ1n) is 8.17. The minimum atomic E-state index is -0.233. The topological polar surface area (TPSA) is 73.6 Å². The molecule has 1 heterocycles. The number of nitrogens with zero attached hydrogens (tertiary/aromatic N) is 1. The normalized spacial score (nSPS) is 14.6. The molecule has 128 valence electrons. The maximum Gasteiger partial charge on any atom is 0.255 e. The van der Waals surface area contributed by atoms with Crippen LogP contribution >= 0.6 is 0 Å². The van der Waals surface area contributed by atoms with Crippen molar-refractivity contribution in [1.82, 2.24) is 5.16 Å². The molecule has 0 saturated heterocycles. The first-order chi connectivity index (χ1) is 11.6. The number of amides is 1. The van der Waals surface area contributed by atoms with Gasteiger partial charge in [0.1, 0.15) is 11.4 Å². The molecule has 0 atom stereocenters. The lowest BCUT2D eigenvalue weighted by atomic mass is 10.1. The van der Waals surface area contributed by atoms with Crippen LogP contribution in [0.3, 0.4) is 0 Å². The summed E-state index contributed by atoms with van der Waals surface area (Å²) in [6.45, 7) is 3.55. The van der Waals surface area contributed by atoms with Gasteiger partial charge in [-0.1, -0.05) is 5.16 Å². The monoisotopic (exact) mass is 330 g/mol. The van der Waals surface area contributed by atoms with E-state index >= 15 is 0 Å². The summed E-state index contributed by atoms with van der Waals surface area (Å²) in [5.74, 6) is 1.59. The lowest BCUT2D eigenvalue weighted by Crippen LogP contribution is -2.15. The average molecular weight is 330 g/mol. The van der Waals surface area contributed by atoms with Crippen LogP contribution in [-0.2, 0) is 0 Å². The van der Waals surface area contributed by atoms with Crippen LogP contribution in [0, 0.1) is 13.8 Å². The summed E-state index contributed by atoms with van der Waals surface area (Å²) in [6.07, 6.45) is 4.63. The molecule has 0 unspecified atom stereocenters. The molecule has 3 rings (SSSR count). The maximum absolute atomic E-state index is 12.5. The van der Waals surface area contributed by atoms with E-state index in [-0.39, 0.29) is 12.0 Å². The van der Waals surface area contributed by atoms with Crippen molar-refractivity contribution in [2.45, 2.75) is 45.6 Å². The first-order valence-corrected chi connectivity index (χ1v) is 8.17. The van der Waals surface area contributed by atoms with Crippen molar-refractivity contribution in [2.24, 2.45) is 0 Å². The van der Waals surface area contributed by atoms with E-state index in [0.29, 0.717) is 34.2 Å². The summed E-state index contributed by atoms with van der Waals surface area (Å²) in [5.41, 5.74) is 1.76. The van der Waals surface area contributed by atoms with E-state index in [4.69, 9.17) is 14.0 Å². The maximum atomic E-state index is 12.5. The summed E-state index contributed by atoms with van der Waals surface area (Å²) in [6, 6.07) is 5.20. The Morgan fingerprint density at radius 1 is 1.25 bits per heavy atom. The number of carbonyl (C=O) groups is 1. The number of methoxy groups -OCH3 is 1.